The molecule has 0 radical (unpaired) electrons. The summed E-state index contributed by atoms with van der Waals surface area (Å²) in [5, 5.41) is 15.4. The van der Waals surface area contributed by atoms with Crippen LogP contribution in [0.15, 0.2) is 65.8 Å². The molecular weight excluding hydrogens is 789 g/mol. The minimum absolute atomic E-state index is 0.00640. The third-order valence-electron chi connectivity index (χ3n) is 14.0. The lowest BCUT2D eigenvalue weighted by Gasteiger charge is -2.53. The topological polar surface area (TPSA) is 162 Å². The van der Waals surface area contributed by atoms with Gasteiger partial charge in [0.2, 0.25) is 11.8 Å². The van der Waals surface area contributed by atoms with Gasteiger partial charge in [0.05, 0.1) is 29.9 Å². The van der Waals surface area contributed by atoms with E-state index < -0.39 is 53.6 Å². The first-order valence-corrected chi connectivity index (χ1v) is 22.6. The van der Waals surface area contributed by atoms with E-state index in [-0.39, 0.29) is 50.3 Å². The molecule has 0 bridgehead atoms. The van der Waals surface area contributed by atoms with Crippen molar-refractivity contribution in [1.82, 2.24) is 10.6 Å². The second-order valence-corrected chi connectivity index (χ2v) is 20.4. The Hall–Kier alpha value is -4.36. The molecule has 0 aromatic heterocycles. The molecule has 62 heavy (non-hydrogen) atoms. The number of aliphatic hydroxyl groups is 1. The highest BCUT2D eigenvalue weighted by atomic mass is 16.8. The summed E-state index contributed by atoms with van der Waals surface area (Å²) in [7, 11) is 0. The number of hydrogen-bond donors (Lipinski definition) is 3. The van der Waals surface area contributed by atoms with E-state index in [0.29, 0.717) is 47.3 Å². The predicted octanol–water partition coefficient (Wildman–Crippen LogP) is 6.70. The lowest BCUT2D eigenvalue weighted by molar-refractivity contribution is -0.172. The van der Waals surface area contributed by atoms with Crippen molar-refractivity contribution in [2.75, 3.05) is 13.2 Å². The Morgan fingerprint density at radius 3 is 2.44 bits per heavy atom. The molecule has 8 rings (SSSR count). The van der Waals surface area contributed by atoms with Crippen molar-refractivity contribution >= 4 is 29.8 Å². The highest BCUT2D eigenvalue weighted by Crippen LogP contribution is 2.60. The number of carbonyl (C=O) groups excluding carboxylic acids is 4. The monoisotopic (exact) mass is 852 g/mol. The van der Waals surface area contributed by atoms with Crippen LogP contribution in [0.5, 0.6) is 0 Å². The Morgan fingerprint density at radius 2 is 1.73 bits per heavy atom. The van der Waals surface area contributed by atoms with Crippen molar-refractivity contribution in [2.24, 2.45) is 17.3 Å². The number of hydrogen-bond acceptors (Lipinski definition) is 10. The Bertz CT molecular complexity index is 2090. The fourth-order valence-corrected chi connectivity index (χ4v) is 10.6. The van der Waals surface area contributed by atoms with E-state index >= 15 is 0 Å². The van der Waals surface area contributed by atoms with Crippen molar-refractivity contribution in [3.8, 4) is 0 Å². The maximum Gasteiger partial charge on any atom is 0.338 e. The molecule has 6 aliphatic rings. The van der Waals surface area contributed by atoms with E-state index in [1.165, 1.54) is 5.57 Å². The van der Waals surface area contributed by atoms with E-state index in [1.807, 2.05) is 30.3 Å². The lowest BCUT2D eigenvalue weighted by atomic mass is 9.52. The van der Waals surface area contributed by atoms with Crippen LogP contribution in [0.2, 0.25) is 0 Å². The predicted molar refractivity (Wildman–Crippen MR) is 231 cm³/mol. The number of aliphatic hydroxyl groups excluding tert-OH is 1. The minimum Gasteiger partial charge on any atom is -0.460 e. The third-order valence-corrected chi connectivity index (χ3v) is 14.0. The molecule has 3 N–H and O–H groups in total. The molecule has 2 aliphatic heterocycles. The highest BCUT2D eigenvalue weighted by Gasteiger charge is 2.57. The molecule has 12 nitrogen and oxygen atoms in total. The van der Waals surface area contributed by atoms with Crippen LogP contribution in [0.3, 0.4) is 0 Å². The number of amides is 2. The van der Waals surface area contributed by atoms with Gasteiger partial charge in [-0.25, -0.2) is 4.79 Å². The van der Waals surface area contributed by atoms with E-state index in [0.717, 1.165) is 48.8 Å². The molecule has 334 valence electrons. The maximum atomic E-state index is 14.1. The van der Waals surface area contributed by atoms with Crippen LogP contribution in [0, 0.1) is 17.3 Å². The van der Waals surface area contributed by atoms with Gasteiger partial charge in [-0.05, 0) is 118 Å². The molecule has 4 aliphatic carbocycles. The molecule has 8 atom stereocenters. The molecule has 12 heteroatoms. The molecule has 2 saturated heterocycles. The summed E-state index contributed by atoms with van der Waals surface area (Å²) in [5.74, 6) is -1.53. The van der Waals surface area contributed by atoms with Crippen LogP contribution in [-0.2, 0) is 50.9 Å². The van der Waals surface area contributed by atoms with Gasteiger partial charge >= 0.3 is 11.9 Å². The minimum atomic E-state index is -0.948. The number of allylic oxidation sites excluding steroid dienone is 1. The lowest BCUT2D eigenvalue weighted by Crippen LogP contribution is -2.45. The summed E-state index contributed by atoms with van der Waals surface area (Å²) in [5.41, 5.74) is 5.11. The molecule has 2 aromatic carbocycles. The molecule has 2 saturated carbocycles. The number of rotatable bonds is 12. The van der Waals surface area contributed by atoms with E-state index in [2.05, 4.69) is 49.6 Å². The Balaban J connectivity index is 0.932. The van der Waals surface area contributed by atoms with E-state index in [4.69, 9.17) is 23.7 Å². The molecule has 2 aromatic rings. The number of fused-ring (bicyclic) bond motifs is 4. The van der Waals surface area contributed by atoms with Crippen molar-refractivity contribution in [2.45, 2.75) is 160 Å². The zero-order chi connectivity index (χ0) is 44.0. The van der Waals surface area contributed by atoms with Gasteiger partial charge in [0, 0.05) is 44.2 Å². The summed E-state index contributed by atoms with van der Waals surface area (Å²) in [4.78, 5) is 52.8. The maximum absolute atomic E-state index is 14.1. The Kier molecular flexibility index (Phi) is 12.4. The Labute approximate surface area is 365 Å². The van der Waals surface area contributed by atoms with Gasteiger partial charge < -0.3 is 39.4 Å². The second kappa shape index (κ2) is 17.3. The van der Waals surface area contributed by atoms with Crippen LogP contribution in [0.4, 0.5) is 0 Å². The average molecular weight is 853 g/mol. The zero-order valence-electron chi connectivity index (χ0n) is 37.1. The quantitative estimate of drug-likeness (QED) is 0.155. The molecule has 4 fully saturated rings. The van der Waals surface area contributed by atoms with Gasteiger partial charge in [-0.2, -0.15) is 0 Å². The molecule has 1 spiro atoms. The SMILES string of the molecule is CC(C)(C)OC(=O)CCC(CO)NC(=O)CCNC(=O)C1=CC2OC3(Cc4ccccc4C3)OC2C(OC(=O)c2cccc(C=C3CCC4OC4(C)CCC4C3CC4(C)C)c2)C1. The van der Waals surface area contributed by atoms with Crippen LogP contribution in [0.1, 0.15) is 126 Å². The van der Waals surface area contributed by atoms with Crippen molar-refractivity contribution in [1.29, 1.82) is 0 Å². The summed E-state index contributed by atoms with van der Waals surface area (Å²) < 4.78 is 31.2. The normalized spacial score (nSPS) is 30.1. The van der Waals surface area contributed by atoms with E-state index in [1.54, 1.807) is 32.9 Å². The fraction of sp³-hybridized carbons (Fsp3) is 0.600. The number of nitrogens with one attached hydrogen (secondary N) is 2. The van der Waals surface area contributed by atoms with Gasteiger partial charge in [-0.1, -0.05) is 61.9 Å². The number of carbonyl (C=O) groups is 4. The van der Waals surface area contributed by atoms with Crippen molar-refractivity contribution in [3.05, 3.63) is 88.0 Å². The molecule has 2 amide bonds. The summed E-state index contributed by atoms with van der Waals surface area (Å²) in [6.45, 7) is 12.0. The van der Waals surface area contributed by atoms with E-state index in [9.17, 15) is 24.3 Å². The first kappa shape index (κ1) is 44.3. The highest BCUT2D eigenvalue weighted by molar-refractivity contribution is 5.94. The number of esters is 2. The second-order valence-electron chi connectivity index (χ2n) is 20.4. The van der Waals surface area contributed by atoms with Crippen molar-refractivity contribution in [3.63, 3.8) is 0 Å². The molecule has 2 heterocycles. The summed E-state index contributed by atoms with van der Waals surface area (Å²) >= 11 is 0. The standard InChI is InChI=1S/C50H64N2O10/c1-47(2,3)61-43(55)17-15-36(29-53)52-42(54)19-21-51-45(56)35-24-39(44-40(25-35)59-50(62-44)26-33-11-7-8-12-34(33)27-50)58-46(57)32-13-9-10-30(23-32)22-31-14-16-41-49(6,60-41)20-18-38-37(31)28-48(38,4)5/h7-13,22-23,25,36-41,44,53H,14-21,24,26-29H2,1-6H3,(H,51,56)(H,52,54). The van der Waals surface area contributed by atoms with Gasteiger partial charge in [0.25, 0.3) is 0 Å². The van der Waals surface area contributed by atoms with Gasteiger partial charge in [0.1, 0.15) is 23.9 Å². The van der Waals surface area contributed by atoms with Crippen LogP contribution < -0.4 is 10.6 Å². The van der Waals surface area contributed by atoms with Crippen LogP contribution in [-0.4, -0.2) is 89.5 Å². The first-order chi connectivity index (χ1) is 29.4. The van der Waals surface area contributed by atoms with Crippen LogP contribution in [0.25, 0.3) is 6.08 Å². The summed E-state index contributed by atoms with van der Waals surface area (Å²) in [6.07, 6.45) is 9.02. The zero-order valence-corrected chi connectivity index (χ0v) is 37.1. The molecule has 8 unspecified atom stereocenters. The number of ether oxygens (including phenoxy) is 5. The average Bonchev–Trinajstić information content (AvgIpc) is 3.50. The van der Waals surface area contributed by atoms with Gasteiger partial charge in [-0.15, -0.1) is 0 Å². The van der Waals surface area contributed by atoms with Crippen LogP contribution >= 0.6 is 0 Å². The van der Waals surface area contributed by atoms with Crippen molar-refractivity contribution < 1.29 is 48.0 Å². The van der Waals surface area contributed by atoms with Gasteiger partial charge in [0.15, 0.2) is 5.79 Å². The fourth-order valence-electron chi connectivity index (χ4n) is 10.6. The smallest absolute Gasteiger partial charge is 0.338 e. The first-order valence-electron chi connectivity index (χ1n) is 22.6. The molecular formula is C50H64N2O10. The third kappa shape index (κ3) is 9.88. The number of benzene rings is 2. The summed E-state index contributed by atoms with van der Waals surface area (Å²) in [6, 6.07) is 15.1. The Morgan fingerprint density at radius 1 is 0.968 bits per heavy atom. The van der Waals surface area contributed by atoms with Gasteiger partial charge in [-0.3, -0.25) is 14.4 Å². The number of epoxide rings is 1. The largest absolute Gasteiger partial charge is 0.460 e.